The number of aliphatic hydroxyl groups is 1. The first kappa shape index (κ1) is 16.6. The number of nitriles is 1. The SMILES string of the molecule is N#C/C(C(=O)Nc1ccc(Cl)cc1)=C(/O)c1cccc2ccccc12. The minimum Gasteiger partial charge on any atom is -0.506 e. The summed E-state index contributed by atoms with van der Waals surface area (Å²) in [6, 6.07) is 21.0. The van der Waals surface area contributed by atoms with Crippen molar-refractivity contribution in [1.29, 1.82) is 5.26 Å². The van der Waals surface area contributed by atoms with E-state index in [-0.39, 0.29) is 11.3 Å². The number of nitrogens with one attached hydrogen (secondary N) is 1. The van der Waals surface area contributed by atoms with Gasteiger partial charge in [0.25, 0.3) is 5.91 Å². The molecule has 0 aromatic heterocycles. The maximum absolute atomic E-state index is 12.4. The molecule has 0 unspecified atom stereocenters. The molecule has 0 spiro atoms. The van der Waals surface area contributed by atoms with E-state index in [2.05, 4.69) is 5.32 Å². The lowest BCUT2D eigenvalue weighted by Gasteiger charge is -2.09. The molecule has 5 heteroatoms. The van der Waals surface area contributed by atoms with Crippen LogP contribution in [0, 0.1) is 11.3 Å². The molecule has 0 aliphatic rings. The van der Waals surface area contributed by atoms with E-state index < -0.39 is 5.91 Å². The number of aliphatic hydroxyl groups excluding tert-OH is 1. The number of rotatable bonds is 3. The topological polar surface area (TPSA) is 73.1 Å². The molecule has 3 aromatic rings. The lowest BCUT2D eigenvalue weighted by molar-refractivity contribution is -0.112. The van der Waals surface area contributed by atoms with Gasteiger partial charge in [0.15, 0.2) is 5.57 Å². The van der Waals surface area contributed by atoms with E-state index in [4.69, 9.17) is 11.6 Å². The molecule has 0 saturated carbocycles. The molecular weight excluding hydrogens is 336 g/mol. The van der Waals surface area contributed by atoms with Crippen LogP contribution in [0.4, 0.5) is 5.69 Å². The predicted octanol–water partition coefficient (Wildman–Crippen LogP) is 4.92. The van der Waals surface area contributed by atoms with Crippen molar-refractivity contribution in [2.75, 3.05) is 5.32 Å². The molecule has 0 aliphatic heterocycles. The Balaban J connectivity index is 2.01. The lowest BCUT2D eigenvalue weighted by Crippen LogP contribution is -2.15. The van der Waals surface area contributed by atoms with Crippen molar-refractivity contribution in [3.05, 3.63) is 82.9 Å². The minimum atomic E-state index is -0.685. The second kappa shape index (κ2) is 7.08. The van der Waals surface area contributed by atoms with Gasteiger partial charge in [-0.25, -0.2) is 0 Å². The zero-order valence-corrected chi connectivity index (χ0v) is 13.8. The molecule has 0 atom stereocenters. The molecule has 25 heavy (non-hydrogen) atoms. The van der Waals surface area contributed by atoms with E-state index >= 15 is 0 Å². The van der Waals surface area contributed by atoms with E-state index in [1.165, 1.54) is 0 Å². The Bertz CT molecular complexity index is 1010. The fourth-order valence-corrected chi connectivity index (χ4v) is 2.63. The molecule has 122 valence electrons. The average molecular weight is 349 g/mol. The number of nitrogens with zero attached hydrogens (tertiary/aromatic N) is 1. The largest absolute Gasteiger partial charge is 0.506 e. The number of amides is 1. The number of carbonyl (C=O) groups excluding carboxylic acids is 1. The zero-order valence-electron chi connectivity index (χ0n) is 13.0. The van der Waals surface area contributed by atoms with Crippen molar-refractivity contribution in [3.63, 3.8) is 0 Å². The van der Waals surface area contributed by atoms with Crippen molar-refractivity contribution >= 4 is 39.7 Å². The number of fused-ring (bicyclic) bond motifs is 1. The van der Waals surface area contributed by atoms with Gasteiger partial charge >= 0.3 is 0 Å². The van der Waals surface area contributed by atoms with Gasteiger partial charge in [0.05, 0.1) is 0 Å². The number of benzene rings is 3. The highest BCUT2D eigenvalue weighted by atomic mass is 35.5. The quantitative estimate of drug-likeness (QED) is 0.400. The van der Waals surface area contributed by atoms with Crippen molar-refractivity contribution < 1.29 is 9.90 Å². The van der Waals surface area contributed by atoms with Crippen LogP contribution in [0.2, 0.25) is 5.02 Å². The number of carbonyl (C=O) groups is 1. The Kier molecular flexibility index (Phi) is 4.69. The molecule has 4 nitrogen and oxygen atoms in total. The first-order valence-electron chi connectivity index (χ1n) is 7.48. The Morgan fingerprint density at radius 2 is 1.68 bits per heavy atom. The third-order valence-corrected chi connectivity index (χ3v) is 3.97. The maximum atomic E-state index is 12.4. The van der Waals surface area contributed by atoms with Crippen LogP contribution in [-0.4, -0.2) is 11.0 Å². The average Bonchev–Trinajstić information content (AvgIpc) is 2.63. The normalized spacial score (nSPS) is 11.5. The third-order valence-electron chi connectivity index (χ3n) is 3.72. The van der Waals surface area contributed by atoms with Crippen molar-refractivity contribution in [2.45, 2.75) is 0 Å². The Morgan fingerprint density at radius 1 is 1.00 bits per heavy atom. The van der Waals surface area contributed by atoms with E-state index in [1.54, 1.807) is 42.5 Å². The number of hydrogen-bond acceptors (Lipinski definition) is 3. The summed E-state index contributed by atoms with van der Waals surface area (Å²) in [5.41, 5.74) is 0.556. The van der Waals surface area contributed by atoms with Crippen LogP contribution in [0.25, 0.3) is 16.5 Å². The van der Waals surface area contributed by atoms with Crippen LogP contribution in [0.5, 0.6) is 0 Å². The molecule has 2 N–H and O–H groups in total. The van der Waals surface area contributed by atoms with Gasteiger partial charge in [-0.15, -0.1) is 0 Å². The smallest absolute Gasteiger partial charge is 0.270 e. The Morgan fingerprint density at radius 3 is 2.40 bits per heavy atom. The molecule has 3 aromatic carbocycles. The molecule has 0 aliphatic carbocycles. The van der Waals surface area contributed by atoms with Gasteiger partial charge in [-0.2, -0.15) is 5.26 Å². The van der Waals surface area contributed by atoms with E-state index in [0.29, 0.717) is 16.3 Å². The summed E-state index contributed by atoms with van der Waals surface area (Å²) < 4.78 is 0. The van der Waals surface area contributed by atoms with Crippen LogP contribution in [0.15, 0.2) is 72.3 Å². The lowest BCUT2D eigenvalue weighted by atomic mass is 10.0. The van der Waals surface area contributed by atoms with Crippen molar-refractivity contribution in [1.82, 2.24) is 0 Å². The summed E-state index contributed by atoms with van der Waals surface area (Å²) in [5.74, 6) is -1.04. The van der Waals surface area contributed by atoms with Gasteiger partial charge in [0.2, 0.25) is 0 Å². The zero-order chi connectivity index (χ0) is 17.8. The van der Waals surface area contributed by atoms with Gasteiger partial charge in [-0.1, -0.05) is 54.1 Å². The summed E-state index contributed by atoms with van der Waals surface area (Å²) >= 11 is 5.81. The van der Waals surface area contributed by atoms with Crippen LogP contribution in [0.3, 0.4) is 0 Å². The van der Waals surface area contributed by atoms with Gasteiger partial charge in [-0.3, -0.25) is 4.79 Å². The highest BCUT2D eigenvalue weighted by Gasteiger charge is 2.18. The molecule has 1 amide bonds. The van der Waals surface area contributed by atoms with E-state index in [9.17, 15) is 15.2 Å². The second-order valence-electron chi connectivity index (χ2n) is 5.32. The van der Waals surface area contributed by atoms with Gasteiger partial charge in [0.1, 0.15) is 11.8 Å². The fourth-order valence-electron chi connectivity index (χ4n) is 2.50. The van der Waals surface area contributed by atoms with Gasteiger partial charge in [0, 0.05) is 16.3 Å². The summed E-state index contributed by atoms with van der Waals surface area (Å²) in [7, 11) is 0. The number of halogens is 1. The Labute approximate surface area is 149 Å². The molecular formula is C20H13ClN2O2. The first-order chi connectivity index (χ1) is 12.1. The van der Waals surface area contributed by atoms with Crippen molar-refractivity contribution in [2.24, 2.45) is 0 Å². The standard InChI is InChI=1S/C20H13ClN2O2/c21-14-8-10-15(11-9-14)23-20(25)18(12-22)19(24)17-7-3-5-13-4-1-2-6-16(13)17/h1-11,24H,(H,23,25)/b19-18-. The molecule has 3 rings (SSSR count). The minimum absolute atomic E-state index is 0.355. The predicted molar refractivity (Wildman–Crippen MR) is 99.2 cm³/mol. The summed E-state index contributed by atoms with van der Waals surface area (Å²) in [6.07, 6.45) is 0. The molecule has 0 fully saturated rings. The van der Waals surface area contributed by atoms with Crippen LogP contribution < -0.4 is 5.32 Å². The summed E-state index contributed by atoms with van der Waals surface area (Å²) in [5, 5.41) is 24.7. The Hall–Kier alpha value is -3.29. The molecule has 0 radical (unpaired) electrons. The number of hydrogen-bond donors (Lipinski definition) is 2. The number of anilines is 1. The third kappa shape index (κ3) is 3.47. The molecule has 0 bridgehead atoms. The van der Waals surface area contributed by atoms with Crippen LogP contribution in [-0.2, 0) is 4.79 Å². The second-order valence-corrected chi connectivity index (χ2v) is 5.76. The van der Waals surface area contributed by atoms with E-state index in [1.807, 2.05) is 30.3 Å². The highest BCUT2D eigenvalue weighted by molar-refractivity contribution is 6.30. The summed E-state index contributed by atoms with van der Waals surface area (Å²) in [6.45, 7) is 0. The molecule has 0 saturated heterocycles. The van der Waals surface area contributed by atoms with Gasteiger partial charge < -0.3 is 10.4 Å². The van der Waals surface area contributed by atoms with Crippen molar-refractivity contribution in [3.8, 4) is 6.07 Å². The van der Waals surface area contributed by atoms with Crippen LogP contribution >= 0.6 is 11.6 Å². The fraction of sp³-hybridized carbons (Fsp3) is 0. The first-order valence-corrected chi connectivity index (χ1v) is 7.86. The maximum Gasteiger partial charge on any atom is 0.270 e. The highest BCUT2D eigenvalue weighted by Crippen LogP contribution is 2.26. The van der Waals surface area contributed by atoms with Crippen LogP contribution in [0.1, 0.15) is 5.56 Å². The summed E-state index contributed by atoms with van der Waals surface area (Å²) in [4.78, 5) is 12.4. The van der Waals surface area contributed by atoms with E-state index in [0.717, 1.165) is 10.8 Å². The molecule has 0 heterocycles. The van der Waals surface area contributed by atoms with Gasteiger partial charge in [-0.05, 0) is 35.0 Å². The monoisotopic (exact) mass is 348 g/mol.